The molecular weight excluding hydrogens is 945 g/mol. The summed E-state index contributed by atoms with van der Waals surface area (Å²) in [6.45, 7) is 14.4. The van der Waals surface area contributed by atoms with Crippen LogP contribution >= 0.6 is 0 Å². The molecule has 4 atom stereocenters. The number of carbonyl (C=O) groups is 1. The van der Waals surface area contributed by atoms with Gasteiger partial charge in [0, 0.05) is 87.1 Å². The number of amidine groups is 1. The molecular formula is C43H61N9O4U. The average molecular weight is 1010 g/mol. The molecule has 0 spiro atoms. The third-order valence-electron chi connectivity index (χ3n) is 10.7. The molecule has 306 valence electrons. The van der Waals surface area contributed by atoms with Crippen LogP contribution in [0.3, 0.4) is 0 Å². The van der Waals surface area contributed by atoms with Crippen molar-refractivity contribution in [3.63, 3.8) is 0 Å². The van der Waals surface area contributed by atoms with E-state index in [0.29, 0.717) is 36.1 Å². The number of amides is 2. The number of nitrogens with one attached hydrogen (secondary N) is 4. The minimum absolute atomic E-state index is 0. The van der Waals surface area contributed by atoms with Crippen molar-refractivity contribution >= 4 is 23.5 Å². The van der Waals surface area contributed by atoms with E-state index in [1.165, 1.54) is 0 Å². The average Bonchev–Trinajstić information content (AvgIpc) is 3.17. The SMILES string of the molecule is CC1CCCC(C)N1C(=N)n1cc(OC2CCC(NC(=O)NC(/C=C(\N)C(C)(C)C)=Nc3cccc(CN4CCOCC4)c3)c3ccccc32)ccc1=N.CO.[U]. The molecule has 0 radical (unpaired) electrons. The second-order valence-corrected chi connectivity index (χ2v) is 15.8. The number of nitrogens with two attached hydrogens (primary N) is 1. The van der Waals surface area contributed by atoms with Gasteiger partial charge in [-0.1, -0.05) is 57.2 Å². The smallest absolute Gasteiger partial charge is 0.320 e. The molecule has 13 nitrogen and oxygen atoms in total. The monoisotopic (exact) mass is 1010 g/mol. The number of carbonyl (C=O) groups excluding carboxylic acids is 1. The van der Waals surface area contributed by atoms with Crippen LogP contribution in [0.4, 0.5) is 10.5 Å². The van der Waals surface area contributed by atoms with Gasteiger partial charge in [0.2, 0.25) is 5.96 Å². The molecule has 3 aromatic rings. The number of aliphatic hydroxyl groups is 1. The van der Waals surface area contributed by atoms with E-state index in [9.17, 15) is 4.79 Å². The van der Waals surface area contributed by atoms with E-state index in [0.717, 1.165) is 81.6 Å². The van der Waals surface area contributed by atoms with Crippen LogP contribution in [0.1, 0.15) is 95.6 Å². The van der Waals surface area contributed by atoms with E-state index in [1.54, 1.807) is 29.0 Å². The number of hydrogen-bond donors (Lipinski definition) is 6. The van der Waals surface area contributed by atoms with Crippen molar-refractivity contribution in [2.45, 2.75) is 97.5 Å². The van der Waals surface area contributed by atoms with Gasteiger partial charge in [-0.3, -0.25) is 25.6 Å². The Kier molecular flexibility index (Phi) is 17.0. The summed E-state index contributed by atoms with van der Waals surface area (Å²) in [5.41, 5.74) is 10.9. The normalized spacial score (nSPS) is 21.6. The summed E-state index contributed by atoms with van der Waals surface area (Å²) in [6, 6.07) is 19.4. The molecule has 6 rings (SSSR count). The van der Waals surface area contributed by atoms with Crippen molar-refractivity contribution in [2.24, 2.45) is 16.1 Å². The topological polar surface area (TPSA) is 177 Å². The predicted molar refractivity (Wildman–Crippen MR) is 221 cm³/mol. The van der Waals surface area contributed by atoms with E-state index < -0.39 is 0 Å². The minimum Gasteiger partial charge on any atom is -0.484 e. The molecule has 57 heavy (non-hydrogen) atoms. The Balaban J connectivity index is 0.00000236. The van der Waals surface area contributed by atoms with Crippen LogP contribution in [0.2, 0.25) is 0 Å². The van der Waals surface area contributed by atoms with Crippen molar-refractivity contribution in [3.05, 3.63) is 101 Å². The van der Waals surface area contributed by atoms with Crippen molar-refractivity contribution in [3.8, 4) is 5.75 Å². The summed E-state index contributed by atoms with van der Waals surface area (Å²) >= 11 is 0. The van der Waals surface area contributed by atoms with Crippen LogP contribution in [0, 0.1) is 47.3 Å². The van der Waals surface area contributed by atoms with Crippen LogP contribution < -0.4 is 26.6 Å². The zero-order valence-corrected chi connectivity index (χ0v) is 38.5. The maximum atomic E-state index is 13.7. The molecule has 3 aliphatic rings. The number of aliphatic imine (C=N–C) groups is 1. The van der Waals surface area contributed by atoms with Crippen molar-refractivity contribution in [1.29, 1.82) is 10.8 Å². The number of benzene rings is 2. The molecule has 14 heteroatoms. The Morgan fingerprint density at radius 3 is 2.37 bits per heavy atom. The Morgan fingerprint density at radius 2 is 1.68 bits per heavy atom. The number of pyridine rings is 1. The summed E-state index contributed by atoms with van der Waals surface area (Å²) in [7, 11) is 1.00. The zero-order valence-electron chi connectivity index (χ0n) is 34.3. The molecule has 2 amide bonds. The van der Waals surface area contributed by atoms with Gasteiger partial charge < -0.3 is 30.5 Å². The summed E-state index contributed by atoms with van der Waals surface area (Å²) < 4.78 is 13.7. The first-order valence-corrected chi connectivity index (χ1v) is 19.7. The van der Waals surface area contributed by atoms with E-state index >= 15 is 0 Å². The summed E-state index contributed by atoms with van der Waals surface area (Å²) in [6.07, 6.45) is 7.77. The summed E-state index contributed by atoms with van der Waals surface area (Å²) in [5, 5.41) is 30.8. The molecule has 7 N–H and O–H groups in total. The Hall–Kier alpha value is -3.93. The van der Waals surface area contributed by atoms with Gasteiger partial charge in [0.25, 0.3) is 0 Å². The molecule has 2 aliphatic heterocycles. The Bertz CT molecular complexity index is 1930. The third-order valence-corrected chi connectivity index (χ3v) is 10.7. The fourth-order valence-corrected chi connectivity index (χ4v) is 7.53. The number of nitrogens with zero attached hydrogens (tertiary/aromatic N) is 4. The van der Waals surface area contributed by atoms with E-state index in [4.69, 9.17) is 36.1 Å². The Morgan fingerprint density at radius 1 is 1.00 bits per heavy atom. The van der Waals surface area contributed by atoms with E-state index in [1.807, 2.05) is 63.2 Å². The fraction of sp³-hybridized carbons (Fsp3) is 0.488. The van der Waals surface area contributed by atoms with Gasteiger partial charge in [-0.05, 0) is 86.9 Å². The van der Waals surface area contributed by atoms with Gasteiger partial charge in [-0.2, -0.15) is 0 Å². The number of urea groups is 1. The van der Waals surface area contributed by atoms with Crippen LogP contribution in [0.15, 0.2) is 83.6 Å². The molecule has 0 bridgehead atoms. The number of allylic oxidation sites excluding steroid dienone is 1. The summed E-state index contributed by atoms with van der Waals surface area (Å²) in [5.74, 6) is 1.25. The number of morpholine rings is 1. The number of piperidine rings is 1. The number of ether oxygens (including phenoxy) is 2. The number of fused-ring (bicyclic) bond motifs is 1. The molecule has 1 aromatic heterocycles. The van der Waals surface area contributed by atoms with Crippen LogP contribution in [0.25, 0.3) is 0 Å². The van der Waals surface area contributed by atoms with Crippen LogP contribution in [-0.2, 0) is 11.3 Å². The zero-order chi connectivity index (χ0) is 40.4. The number of hydrogen-bond acceptors (Lipinski definition) is 9. The van der Waals surface area contributed by atoms with Gasteiger partial charge in [-0.15, -0.1) is 0 Å². The molecule has 3 heterocycles. The van der Waals surface area contributed by atoms with Crippen LogP contribution in [-0.4, -0.2) is 82.8 Å². The predicted octanol–water partition coefficient (Wildman–Crippen LogP) is 6.33. The van der Waals surface area contributed by atoms with Crippen molar-refractivity contribution in [2.75, 3.05) is 33.4 Å². The van der Waals surface area contributed by atoms with E-state index in [-0.39, 0.29) is 72.3 Å². The minimum atomic E-state index is -0.373. The number of aliphatic hydroxyl groups excluding tert-OH is 1. The second-order valence-electron chi connectivity index (χ2n) is 15.8. The quantitative estimate of drug-likeness (QED) is 0.119. The molecule has 1 aliphatic carbocycles. The van der Waals surface area contributed by atoms with Gasteiger partial charge in [0.05, 0.1) is 31.1 Å². The first kappa shape index (κ1) is 45.8. The first-order chi connectivity index (χ1) is 26.9. The first-order valence-electron chi connectivity index (χ1n) is 19.7. The number of aromatic nitrogens is 1. The van der Waals surface area contributed by atoms with Crippen molar-refractivity contribution < 1.29 is 50.5 Å². The van der Waals surface area contributed by atoms with E-state index in [2.05, 4.69) is 40.3 Å². The number of likely N-dealkylation sites (tertiary alicyclic amines) is 1. The Labute approximate surface area is 361 Å². The standard InChI is InChI=1S/C42H57N9O3.CH4O.U/c1-28-10-8-11-29(2)51(28)40(45)50-27-32(16-19-38(50)44)54-36-18-17-35(33-14-6-7-15-34(33)36)47-41(52)48-39(25-37(43)42(3,4)5)46-31-13-9-12-30(24-31)26-49-20-22-53-23-21-49;1-2;/h6-7,9,12-16,19,24-25,27-29,35-36,44-45H,8,10-11,17-18,20-23,26,43H2,1-5H3,(H2,46,47,48,52);2H,1H3;/b37-25-,44-38?,45-40?;;. The largest absolute Gasteiger partial charge is 0.484 e. The van der Waals surface area contributed by atoms with Gasteiger partial charge in [-0.25, -0.2) is 9.79 Å². The van der Waals surface area contributed by atoms with Gasteiger partial charge in [0.1, 0.15) is 23.2 Å². The molecule has 2 fully saturated rings. The third kappa shape index (κ3) is 12.3. The fourth-order valence-electron chi connectivity index (χ4n) is 7.53. The van der Waals surface area contributed by atoms with Crippen molar-refractivity contribution in [1.82, 2.24) is 25.0 Å². The summed E-state index contributed by atoms with van der Waals surface area (Å²) in [4.78, 5) is 23.0. The maximum Gasteiger partial charge on any atom is 0.320 e. The van der Waals surface area contributed by atoms with Crippen LogP contribution in [0.5, 0.6) is 5.75 Å². The molecule has 4 unspecified atom stereocenters. The number of rotatable bonds is 7. The van der Waals surface area contributed by atoms with Gasteiger partial charge in [0.15, 0.2) is 0 Å². The molecule has 0 saturated carbocycles. The molecule has 2 saturated heterocycles. The molecule has 2 aromatic carbocycles. The maximum absolute atomic E-state index is 13.7. The second kappa shape index (κ2) is 21.2. The van der Waals surface area contributed by atoms with Gasteiger partial charge >= 0.3 is 6.03 Å².